The highest BCUT2D eigenvalue weighted by Gasteiger charge is 2.31. The molecule has 0 unspecified atom stereocenters. The van der Waals surface area contributed by atoms with Crippen LogP contribution in [0.2, 0.25) is 15.1 Å². The molecule has 0 aliphatic carbocycles. The summed E-state index contributed by atoms with van der Waals surface area (Å²) in [6, 6.07) is 10.4. The van der Waals surface area contributed by atoms with Crippen molar-refractivity contribution in [3.05, 3.63) is 63.1 Å². The molecule has 0 fully saturated rings. The monoisotopic (exact) mass is 547 g/mol. The van der Waals surface area contributed by atoms with Crippen LogP contribution >= 0.6 is 34.8 Å². The summed E-state index contributed by atoms with van der Waals surface area (Å²) in [4.78, 5) is 27.8. The van der Waals surface area contributed by atoms with Gasteiger partial charge in [0, 0.05) is 28.2 Å². The molecule has 0 radical (unpaired) electrons. The number of hydrogen-bond donors (Lipinski definition) is 1. The van der Waals surface area contributed by atoms with Gasteiger partial charge in [-0.3, -0.25) is 13.9 Å². The highest BCUT2D eigenvalue weighted by atomic mass is 35.5. The summed E-state index contributed by atoms with van der Waals surface area (Å²) < 4.78 is 26.1. The summed E-state index contributed by atoms with van der Waals surface area (Å²) in [5, 5.41) is 3.82. The van der Waals surface area contributed by atoms with E-state index in [9.17, 15) is 18.0 Å². The molecule has 2 amide bonds. The van der Waals surface area contributed by atoms with Gasteiger partial charge in [0.05, 0.1) is 11.9 Å². The molecule has 2 aromatic rings. The Morgan fingerprint density at radius 1 is 0.971 bits per heavy atom. The van der Waals surface area contributed by atoms with Gasteiger partial charge >= 0.3 is 0 Å². The molecule has 1 atom stereocenters. The zero-order chi connectivity index (χ0) is 25.5. The smallest absolute Gasteiger partial charge is 0.244 e. The van der Waals surface area contributed by atoms with E-state index in [0.717, 1.165) is 22.5 Å². The fraction of sp³-hybridized carbons (Fsp3) is 0.391. The average molecular weight is 549 g/mol. The average Bonchev–Trinajstić information content (AvgIpc) is 2.75. The van der Waals surface area contributed by atoms with Crippen LogP contribution in [0.15, 0.2) is 42.5 Å². The number of carbonyl (C=O) groups excluding carboxylic acids is 2. The Bertz CT molecular complexity index is 1090. The van der Waals surface area contributed by atoms with E-state index in [4.69, 9.17) is 34.8 Å². The topological polar surface area (TPSA) is 86.8 Å². The normalized spacial score (nSPS) is 12.2. The van der Waals surface area contributed by atoms with Gasteiger partial charge in [-0.15, -0.1) is 0 Å². The SMILES string of the molecule is CCCNC(=O)[C@H](CC)N(Cc1ccc(Cl)cc1)C(=O)CN(c1cc(Cl)cc(Cl)c1)S(C)(=O)=O. The van der Waals surface area contributed by atoms with E-state index in [1.54, 1.807) is 31.2 Å². The molecule has 0 aromatic heterocycles. The largest absolute Gasteiger partial charge is 0.354 e. The van der Waals surface area contributed by atoms with Gasteiger partial charge in [0.15, 0.2) is 0 Å². The van der Waals surface area contributed by atoms with Gasteiger partial charge < -0.3 is 10.2 Å². The number of nitrogens with zero attached hydrogens (tertiary/aromatic N) is 2. The molecule has 186 valence electrons. The number of sulfonamides is 1. The molecule has 0 heterocycles. The molecular weight excluding hydrogens is 521 g/mol. The minimum Gasteiger partial charge on any atom is -0.354 e. The van der Waals surface area contributed by atoms with Crippen molar-refractivity contribution in [1.29, 1.82) is 0 Å². The number of benzene rings is 2. The van der Waals surface area contributed by atoms with Crippen molar-refractivity contribution in [1.82, 2.24) is 10.2 Å². The summed E-state index contributed by atoms with van der Waals surface area (Å²) in [5.74, 6) is -0.849. The van der Waals surface area contributed by atoms with E-state index < -0.39 is 28.5 Å². The van der Waals surface area contributed by atoms with Gasteiger partial charge in [0.25, 0.3) is 0 Å². The van der Waals surface area contributed by atoms with Crippen LogP contribution in [0.1, 0.15) is 32.3 Å². The molecule has 2 rings (SSSR count). The van der Waals surface area contributed by atoms with Gasteiger partial charge in [-0.1, -0.05) is 60.8 Å². The van der Waals surface area contributed by atoms with Gasteiger partial charge in [-0.05, 0) is 48.7 Å². The molecule has 7 nitrogen and oxygen atoms in total. The molecular formula is C23H28Cl3N3O4S. The first-order valence-electron chi connectivity index (χ1n) is 10.7. The van der Waals surface area contributed by atoms with E-state index in [2.05, 4.69) is 5.32 Å². The summed E-state index contributed by atoms with van der Waals surface area (Å²) in [6.45, 7) is 3.76. The molecule has 0 saturated heterocycles. The van der Waals surface area contributed by atoms with Crippen LogP contribution in [0.3, 0.4) is 0 Å². The molecule has 0 aliphatic rings. The Morgan fingerprint density at radius 2 is 1.56 bits per heavy atom. The lowest BCUT2D eigenvalue weighted by molar-refractivity contribution is -0.140. The van der Waals surface area contributed by atoms with Crippen molar-refractivity contribution in [2.24, 2.45) is 0 Å². The third-order valence-corrected chi connectivity index (χ3v) is 6.84. The molecule has 0 saturated carbocycles. The van der Waals surface area contributed by atoms with Crippen molar-refractivity contribution >= 4 is 62.3 Å². The summed E-state index contributed by atoms with van der Waals surface area (Å²) in [7, 11) is -3.87. The molecule has 11 heteroatoms. The van der Waals surface area contributed by atoms with Crippen LogP contribution in [-0.2, 0) is 26.2 Å². The van der Waals surface area contributed by atoms with Crippen LogP contribution in [0, 0.1) is 0 Å². The standard InChI is InChI=1S/C23H28Cl3N3O4S/c1-4-10-27-23(31)21(5-2)28(14-16-6-8-17(24)9-7-16)22(30)15-29(34(3,32)33)20-12-18(25)11-19(26)13-20/h6-9,11-13,21H,4-5,10,14-15H2,1-3H3,(H,27,31)/t21-/m0/s1. The predicted octanol–water partition coefficient (Wildman–Crippen LogP) is 4.75. The van der Waals surface area contributed by atoms with Gasteiger partial charge in [0.1, 0.15) is 12.6 Å². The zero-order valence-corrected chi connectivity index (χ0v) is 22.3. The van der Waals surface area contributed by atoms with Gasteiger partial charge in [0.2, 0.25) is 21.8 Å². The van der Waals surface area contributed by atoms with E-state index >= 15 is 0 Å². The van der Waals surface area contributed by atoms with Gasteiger partial charge in [-0.25, -0.2) is 8.42 Å². The number of hydrogen-bond acceptors (Lipinski definition) is 4. The zero-order valence-electron chi connectivity index (χ0n) is 19.2. The Morgan fingerprint density at radius 3 is 2.06 bits per heavy atom. The predicted molar refractivity (Wildman–Crippen MR) is 138 cm³/mol. The highest BCUT2D eigenvalue weighted by molar-refractivity contribution is 7.92. The molecule has 0 spiro atoms. The number of anilines is 1. The summed E-state index contributed by atoms with van der Waals surface area (Å²) in [6.07, 6.45) is 2.07. The van der Waals surface area contributed by atoms with Crippen molar-refractivity contribution in [3.8, 4) is 0 Å². The Hall–Kier alpha value is -2.00. The van der Waals surface area contributed by atoms with E-state index in [1.807, 2.05) is 6.92 Å². The van der Waals surface area contributed by atoms with Crippen molar-refractivity contribution in [2.45, 2.75) is 39.3 Å². The first kappa shape index (κ1) is 28.2. The van der Waals surface area contributed by atoms with Crippen molar-refractivity contribution in [2.75, 3.05) is 23.7 Å². The maximum absolute atomic E-state index is 13.5. The number of amides is 2. The van der Waals surface area contributed by atoms with E-state index in [-0.39, 0.29) is 28.2 Å². The summed E-state index contributed by atoms with van der Waals surface area (Å²) in [5.41, 5.74) is 0.902. The number of halogens is 3. The molecule has 2 aromatic carbocycles. The van der Waals surface area contributed by atoms with E-state index in [0.29, 0.717) is 18.0 Å². The van der Waals surface area contributed by atoms with Crippen LogP contribution in [0.25, 0.3) is 0 Å². The third-order valence-electron chi connectivity index (χ3n) is 5.02. The number of carbonyl (C=O) groups is 2. The minimum atomic E-state index is -3.87. The second-order valence-corrected chi connectivity index (χ2v) is 11.0. The third kappa shape index (κ3) is 8.05. The van der Waals surface area contributed by atoms with Crippen LogP contribution in [0.4, 0.5) is 5.69 Å². The first-order chi connectivity index (χ1) is 16.0. The molecule has 1 N–H and O–H groups in total. The maximum atomic E-state index is 13.5. The quantitative estimate of drug-likeness (QED) is 0.439. The molecule has 34 heavy (non-hydrogen) atoms. The second-order valence-electron chi connectivity index (χ2n) is 7.76. The van der Waals surface area contributed by atoms with Crippen molar-refractivity contribution in [3.63, 3.8) is 0 Å². The molecule has 0 bridgehead atoms. The van der Waals surface area contributed by atoms with Crippen LogP contribution in [0.5, 0.6) is 0 Å². The minimum absolute atomic E-state index is 0.0992. The maximum Gasteiger partial charge on any atom is 0.244 e. The van der Waals surface area contributed by atoms with Crippen LogP contribution in [-0.4, -0.2) is 50.5 Å². The lowest BCUT2D eigenvalue weighted by Crippen LogP contribution is -2.52. The Kier molecular flexibility index (Phi) is 10.5. The fourth-order valence-corrected chi connectivity index (χ4v) is 4.84. The van der Waals surface area contributed by atoms with Crippen molar-refractivity contribution < 1.29 is 18.0 Å². The lowest BCUT2D eigenvalue weighted by Gasteiger charge is -2.33. The summed E-state index contributed by atoms with van der Waals surface area (Å²) >= 11 is 18.1. The number of nitrogens with one attached hydrogen (secondary N) is 1. The van der Waals surface area contributed by atoms with Gasteiger partial charge in [-0.2, -0.15) is 0 Å². The highest BCUT2D eigenvalue weighted by Crippen LogP contribution is 2.27. The van der Waals surface area contributed by atoms with Crippen LogP contribution < -0.4 is 9.62 Å². The Labute approximate surface area is 216 Å². The lowest BCUT2D eigenvalue weighted by atomic mass is 10.1. The fourth-order valence-electron chi connectivity index (χ4n) is 3.37. The second kappa shape index (κ2) is 12.6. The molecule has 0 aliphatic heterocycles. The van der Waals surface area contributed by atoms with E-state index in [1.165, 1.54) is 23.1 Å². The Balaban J connectivity index is 2.44. The number of rotatable bonds is 11. The first-order valence-corrected chi connectivity index (χ1v) is 13.7.